The van der Waals surface area contributed by atoms with Gasteiger partial charge in [-0.25, -0.2) is 0 Å². The van der Waals surface area contributed by atoms with E-state index < -0.39 is 0 Å². The van der Waals surface area contributed by atoms with Crippen molar-refractivity contribution in [2.45, 2.75) is 25.7 Å². The maximum absolute atomic E-state index is 2.59. The van der Waals surface area contributed by atoms with Crippen LogP contribution in [0.15, 0.2) is 30.3 Å². The molecule has 0 amide bonds. The SMILES string of the molecule is Cl.Cl.N.c1ccc(CCCN2CCCC2)cc1. The van der Waals surface area contributed by atoms with E-state index in [9.17, 15) is 0 Å². The number of benzene rings is 1. The topological polar surface area (TPSA) is 38.2 Å². The van der Waals surface area contributed by atoms with Crippen molar-refractivity contribution in [3.8, 4) is 0 Å². The number of rotatable bonds is 4. The van der Waals surface area contributed by atoms with Gasteiger partial charge in [0.05, 0.1) is 0 Å². The third-order valence-corrected chi connectivity index (χ3v) is 2.98. The molecule has 1 heterocycles. The zero-order chi connectivity index (χ0) is 9.64. The molecule has 17 heavy (non-hydrogen) atoms. The number of hydrogen-bond donors (Lipinski definition) is 1. The summed E-state index contributed by atoms with van der Waals surface area (Å²) in [6.07, 6.45) is 5.36. The number of likely N-dealkylation sites (tertiary alicyclic amines) is 1. The van der Waals surface area contributed by atoms with Gasteiger partial charge in [0.25, 0.3) is 0 Å². The van der Waals surface area contributed by atoms with E-state index in [2.05, 4.69) is 35.2 Å². The number of hydrogen-bond acceptors (Lipinski definition) is 2. The van der Waals surface area contributed by atoms with Crippen LogP contribution in [0, 0.1) is 0 Å². The third kappa shape index (κ3) is 6.89. The first kappa shape index (κ1) is 19.1. The van der Waals surface area contributed by atoms with Crippen LogP contribution in [-0.2, 0) is 6.42 Å². The van der Waals surface area contributed by atoms with Gasteiger partial charge in [-0.05, 0) is 50.9 Å². The summed E-state index contributed by atoms with van der Waals surface area (Å²) in [4.78, 5) is 2.59. The highest BCUT2D eigenvalue weighted by Crippen LogP contribution is 2.09. The van der Waals surface area contributed by atoms with Crippen molar-refractivity contribution in [1.29, 1.82) is 0 Å². The highest BCUT2D eigenvalue weighted by Gasteiger charge is 2.09. The molecule has 1 aliphatic rings. The summed E-state index contributed by atoms with van der Waals surface area (Å²) in [5.41, 5.74) is 1.48. The third-order valence-electron chi connectivity index (χ3n) is 2.98. The summed E-state index contributed by atoms with van der Waals surface area (Å²) in [5.74, 6) is 0. The van der Waals surface area contributed by atoms with E-state index in [0.29, 0.717) is 0 Å². The number of aryl methyl sites for hydroxylation is 1. The van der Waals surface area contributed by atoms with Crippen LogP contribution in [0.2, 0.25) is 0 Å². The highest BCUT2D eigenvalue weighted by molar-refractivity contribution is 5.85. The first-order chi connectivity index (χ1) is 6.95. The Balaban J connectivity index is 0. The summed E-state index contributed by atoms with van der Waals surface area (Å²) in [7, 11) is 0. The van der Waals surface area contributed by atoms with Crippen LogP contribution in [0.4, 0.5) is 0 Å². The van der Waals surface area contributed by atoms with E-state index in [-0.39, 0.29) is 31.0 Å². The molecular weight excluding hydrogens is 255 g/mol. The quantitative estimate of drug-likeness (QED) is 0.912. The molecular formula is C13H24Cl2N2. The Bertz CT molecular complexity index is 261. The molecule has 1 aliphatic heterocycles. The smallest absolute Gasteiger partial charge is 0.00156 e. The minimum absolute atomic E-state index is 0. The lowest BCUT2D eigenvalue weighted by Crippen LogP contribution is -2.20. The van der Waals surface area contributed by atoms with Crippen molar-refractivity contribution in [2.75, 3.05) is 19.6 Å². The van der Waals surface area contributed by atoms with Crippen molar-refractivity contribution >= 4 is 24.8 Å². The van der Waals surface area contributed by atoms with Crippen LogP contribution in [0.5, 0.6) is 0 Å². The van der Waals surface area contributed by atoms with Gasteiger partial charge in [-0.15, -0.1) is 24.8 Å². The zero-order valence-electron chi connectivity index (χ0n) is 10.3. The lowest BCUT2D eigenvalue weighted by atomic mass is 10.1. The van der Waals surface area contributed by atoms with Gasteiger partial charge in [-0.1, -0.05) is 30.3 Å². The van der Waals surface area contributed by atoms with Crippen molar-refractivity contribution in [3.05, 3.63) is 35.9 Å². The van der Waals surface area contributed by atoms with Gasteiger partial charge < -0.3 is 11.1 Å². The molecule has 0 aliphatic carbocycles. The predicted molar refractivity (Wildman–Crippen MR) is 80.0 cm³/mol. The van der Waals surface area contributed by atoms with Gasteiger partial charge >= 0.3 is 0 Å². The Morgan fingerprint density at radius 1 is 0.941 bits per heavy atom. The largest absolute Gasteiger partial charge is 0.344 e. The monoisotopic (exact) mass is 278 g/mol. The van der Waals surface area contributed by atoms with Crippen LogP contribution >= 0.6 is 24.8 Å². The zero-order valence-corrected chi connectivity index (χ0v) is 11.9. The Labute approximate surface area is 117 Å². The first-order valence-electron chi connectivity index (χ1n) is 5.71. The highest BCUT2D eigenvalue weighted by atomic mass is 35.5. The molecule has 0 bridgehead atoms. The molecule has 0 aromatic heterocycles. The Morgan fingerprint density at radius 2 is 1.53 bits per heavy atom. The van der Waals surface area contributed by atoms with E-state index in [1.807, 2.05) is 0 Å². The van der Waals surface area contributed by atoms with Crippen LogP contribution in [0.3, 0.4) is 0 Å². The van der Waals surface area contributed by atoms with E-state index in [1.54, 1.807) is 0 Å². The van der Waals surface area contributed by atoms with Gasteiger partial charge in [0.2, 0.25) is 0 Å². The Morgan fingerprint density at radius 3 is 2.12 bits per heavy atom. The Kier molecular flexibility index (Phi) is 12.2. The lowest BCUT2D eigenvalue weighted by molar-refractivity contribution is 0.334. The van der Waals surface area contributed by atoms with Gasteiger partial charge in [-0.3, -0.25) is 0 Å². The molecule has 100 valence electrons. The minimum Gasteiger partial charge on any atom is -0.344 e. The van der Waals surface area contributed by atoms with Crippen LogP contribution < -0.4 is 6.15 Å². The van der Waals surface area contributed by atoms with Crippen molar-refractivity contribution in [3.63, 3.8) is 0 Å². The molecule has 0 spiro atoms. The maximum Gasteiger partial charge on any atom is -0.00156 e. The summed E-state index contributed by atoms with van der Waals surface area (Å²) in [6, 6.07) is 10.8. The van der Waals surface area contributed by atoms with Gasteiger partial charge in [0, 0.05) is 0 Å². The molecule has 1 aromatic rings. The van der Waals surface area contributed by atoms with E-state index in [0.717, 1.165) is 0 Å². The summed E-state index contributed by atoms with van der Waals surface area (Å²) in [5, 5.41) is 0. The molecule has 4 heteroatoms. The average Bonchev–Trinajstić information content (AvgIpc) is 2.72. The molecule has 2 nitrogen and oxygen atoms in total. The fraction of sp³-hybridized carbons (Fsp3) is 0.538. The second kappa shape index (κ2) is 10.8. The first-order valence-corrected chi connectivity index (χ1v) is 5.71. The molecule has 2 rings (SSSR count). The molecule has 1 saturated heterocycles. The standard InChI is InChI=1S/C13H19N.2ClH.H3N/c1-2-7-13(8-3-1)9-6-12-14-10-4-5-11-14;;;/h1-3,7-8H,4-6,9-12H2;2*1H;1H3. The fourth-order valence-corrected chi connectivity index (χ4v) is 2.16. The second-order valence-corrected chi connectivity index (χ2v) is 4.14. The van der Waals surface area contributed by atoms with Crippen LogP contribution in [0.25, 0.3) is 0 Å². The molecule has 0 unspecified atom stereocenters. The second-order valence-electron chi connectivity index (χ2n) is 4.14. The average molecular weight is 279 g/mol. The van der Waals surface area contributed by atoms with Crippen LogP contribution in [-0.4, -0.2) is 24.5 Å². The molecule has 1 aromatic carbocycles. The minimum atomic E-state index is 0. The summed E-state index contributed by atoms with van der Waals surface area (Å²) < 4.78 is 0. The molecule has 0 atom stereocenters. The number of halogens is 2. The number of nitrogens with zero attached hydrogens (tertiary/aromatic N) is 1. The van der Waals surface area contributed by atoms with Gasteiger partial charge in [-0.2, -0.15) is 0 Å². The molecule has 1 fully saturated rings. The van der Waals surface area contributed by atoms with E-state index in [1.165, 1.54) is 50.9 Å². The van der Waals surface area contributed by atoms with E-state index in [4.69, 9.17) is 0 Å². The lowest BCUT2D eigenvalue weighted by Gasteiger charge is -2.13. The normalized spacial score (nSPS) is 14.4. The summed E-state index contributed by atoms with van der Waals surface area (Å²) >= 11 is 0. The Hall–Kier alpha value is -0.280. The van der Waals surface area contributed by atoms with Crippen LogP contribution in [0.1, 0.15) is 24.8 Å². The predicted octanol–water partition coefficient (Wildman–Crippen LogP) is 3.72. The van der Waals surface area contributed by atoms with Crippen molar-refractivity contribution in [1.82, 2.24) is 11.1 Å². The van der Waals surface area contributed by atoms with Gasteiger partial charge in [0.1, 0.15) is 0 Å². The molecule has 3 N–H and O–H groups in total. The summed E-state index contributed by atoms with van der Waals surface area (Å²) in [6.45, 7) is 3.94. The van der Waals surface area contributed by atoms with Crippen molar-refractivity contribution in [2.24, 2.45) is 0 Å². The van der Waals surface area contributed by atoms with Gasteiger partial charge in [0.15, 0.2) is 0 Å². The fourth-order valence-electron chi connectivity index (χ4n) is 2.16. The maximum atomic E-state index is 2.59. The molecule has 0 radical (unpaired) electrons. The van der Waals surface area contributed by atoms with E-state index >= 15 is 0 Å². The van der Waals surface area contributed by atoms with Crippen molar-refractivity contribution < 1.29 is 0 Å². The molecule has 0 saturated carbocycles.